The number of benzene rings is 3. The van der Waals surface area contributed by atoms with Crippen LogP contribution in [0, 0.1) is 0 Å². The van der Waals surface area contributed by atoms with Crippen molar-refractivity contribution in [2.75, 3.05) is 10.6 Å². The van der Waals surface area contributed by atoms with Crippen molar-refractivity contribution in [3.63, 3.8) is 0 Å². The maximum atomic E-state index is 12.7. The second-order valence-electron chi connectivity index (χ2n) is 7.58. The zero-order chi connectivity index (χ0) is 25.1. The van der Waals surface area contributed by atoms with Gasteiger partial charge in [-0.15, -0.1) is 22.7 Å². The molecule has 0 bridgehead atoms. The maximum absolute atomic E-state index is 12.7. The van der Waals surface area contributed by atoms with Crippen LogP contribution in [0.25, 0.3) is 22.5 Å². The van der Waals surface area contributed by atoms with E-state index >= 15 is 0 Å². The van der Waals surface area contributed by atoms with Crippen molar-refractivity contribution in [3.8, 4) is 22.5 Å². The SMILES string of the molecule is O=C(Nc1nc(-c2ccc(Br)cc2)cs1)c1ccc(C(=O)Nc2nc(-c3ccc(Br)cc3)cs2)cc1. The van der Waals surface area contributed by atoms with Gasteiger partial charge in [-0.25, -0.2) is 9.97 Å². The first-order chi connectivity index (χ1) is 17.4. The molecule has 10 heteroatoms. The number of thiazole rings is 2. The molecule has 36 heavy (non-hydrogen) atoms. The van der Waals surface area contributed by atoms with Gasteiger partial charge in [0.25, 0.3) is 11.8 Å². The Bertz CT molecular complexity index is 1410. The summed E-state index contributed by atoms with van der Waals surface area (Å²) in [6, 6.07) is 22.1. The molecule has 178 valence electrons. The Morgan fingerprint density at radius 3 is 1.31 bits per heavy atom. The van der Waals surface area contributed by atoms with Gasteiger partial charge in [-0.3, -0.25) is 20.2 Å². The highest BCUT2D eigenvalue weighted by molar-refractivity contribution is 9.10. The summed E-state index contributed by atoms with van der Waals surface area (Å²) >= 11 is 9.55. The summed E-state index contributed by atoms with van der Waals surface area (Å²) in [4.78, 5) is 34.3. The average Bonchev–Trinajstić information content (AvgIpc) is 3.55. The fourth-order valence-electron chi connectivity index (χ4n) is 3.28. The van der Waals surface area contributed by atoms with E-state index in [9.17, 15) is 9.59 Å². The molecular formula is C26H16Br2N4O2S2. The summed E-state index contributed by atoms with van der Waals surface area (Å²) < 4.78 is 1.98. The first-order valence-corrected chi connectivity index (χ1v) is 13.9. The van der Waals surface area contributed by atoms with Crippen LogP contribution < -0.4 is 10.6 Å². The molecule has 0 aliphatic heterocycles. The summed E-state index contributed by atoms with van der Waals surface area (Å²) in [6.07, 6.45) is 0. The van der Waals surface area contributed by atoms with Crippen LogP contribution in [0.4, 0.5) is 10.3 Å². The molecule has 0 atom stereocenters. The molecule has 0 spiro atoms. The number of amides is 2. The van der Waals surface area contributed by atoms with Crippen molar-refractivity contribution in [2.24, 2.45) is 0 Å². The van der Waals surface area contributed by atoms with Gasteiger partial charge in [0, 0.05) is 42.0 Å². The third kappa shape index (κ3) is 5.79. The van der Waals surface area contributed by atoms with E-state index in [2.05, 4.69) is 52.5 Å². The molecule has 2 aromatic heterocycles. The van der Waals surface area contributed by atoms with Crippen LogP contribution in [0.15, 0.2) is 92.5 Å². The molecule has 0 fully saturated rings. The molecule has 0 unspecified atom stereocenters. The molecule has 0 saturated carbocycles. The van der Waals surface area contributed by atoms with E-state index in [1.54, 1.807) is 24.3 Å². The zero-order valence-corrected chi connectivity index (χ0v) is 23.2. The number of carbonyl (C=O) groups excluding carboxylic acids is 2. The lowest BCUT2D eigenvalue weighted by atomic mass is 10.1. The number of carbonyl (C=O) groups is 2. The molecule has 2 N–H and O–H groups in total. The number of anilines is 2. The molecule has 5 rings (SSSR count). The minimum atomic E-state index is -0.294. The lowest BCUT2D eigenvalue weighted by Crippen LogP contribution is -2.14. The first-order valence-electron chi connectivity index (χ1n) is 10.6. The van der Waals surface area contributed by atoms with Crippen molar-refractivity contribution in [1.29, 1.82) is 0 Å². The molecule has 6 nitrogen and oxygen atoms in total. The Labute approximate surface area is 231 Å². The number of halogens is 2. The van der Waals surface area contributed by atoms with Crippen LogP contribution >= 0.6 is 54.5 Å². The van der Waals surface area contributed by atoms with Crippen LogP contribution in [-0.4, -0.2) is 21.8 Å². The number of nitrogens with one attached hydrogen (secondary N) is 2. The van der Waals surface area contributed by atoms with Gasteiger partial charge < -0.3 is 0 Å². The van der Waals surface area contributed by atoms with Crippen LogP contribution in [-0.2, 0) is 0 Å². The van der Waals surface area contributed by atoms with E-state index in [1.165, 1.54) is 22.7 Å². The molecule has 0 aliphatic rings. The predicted molar refractivity (Wildman–Crippen MR) is 153 cm³/mol. The fraction of sp³-hybridized carbons (Fsp3) is 0. The van der Waals surface area contributed by atoms with Crippen LogP contribution in [0.1, 0.15) is 20.7 Å². The van der Waals surface area contributed by atoms with E-state index in [0.717, 1.165) is 31.5 Å². The van der Waals surface area contributed by atoms with Crippen molar-refractivity contribution in [1.82, 2.24) is 9.97 Å². The van der Waals surface area contributed by atoms with E-state index in [-0.39, 0.29) is 11.8 Å². The second-order valence-corrected chi connectivity index (χ2v) is 11.1. The predicted octanol–water partition coefficient (Wildman–Crippen LogP) is 7.96. The van der Waals surface area contributed by atoms with Crippen molar-refractivity contribution in [2.45, 2.75) is 0 Å². The molecule has 3 aromatic carbocycles. The van der Waals surface area contributed by atoms with Gasteiger partial charge in [0.1, 0.15) is 0 Å². The van der Waals surface area contributed by atoms with Gasteiger partial charge >= 0.3 is 0 Å². The summed E-state index contributed by atoms with van der Waals surface area (Å²) in [7, 11) is 0. The Kier molecular flexibility index (Phi) is 7.38. The monoisotopic (exact) mass is 638 g/mol. The van der Waals surface area contributed by atoms with Crippen molar-refractivity contribution in [3.05, 3.63) is 104 Å². The lowest BCUT2D eigenvalue weighted by molar-refractivity contribution is 0.101. The Hall–Kier alpha value is -3.18. The van der Waals surface area contributed by atoms with Gasteiger partial charge in [0.2, 0.25) is 0 Å². The standard InChI is InChI=1S/C26H16Br2N4O2S2/c27-19-9-5-15(6-10-19)21-13-35-25(29-21)31-23(33)17-1-2-18(4-3-17)24(34)32-26-30-22(14-36-26)16-7-11-20(28)12-8-16/h1-14H,(H,29,31,33)(H,30,32,34). The number of aromatic nitrogens is 2. The largest absolute Gasteiger partial charge is 0.298 e. The third-order valence-electron chi connectivity index (χ3n) is 5.14. The van der Waals surface area contributed by atoms with Crippen LogP contribution in [0.2, 0.25) is 0 Å². The van der Waals surface area contributed by atoms with E-state index in [0.29, 0.717) is 21.4 Å². The van der Waals surface area contributed by atoms with Gasteiger partial charge in [-0.1, -0.05) is 56.1 Å². The van der Waals surface area contributed by atoms with Gasteiger partial charge in [0.15, 0.2) is 10.3 Å². The quantitative estimate of drug-likeness (QED) is 0.197. The minimum Gasteiger partial charge on any atom is -0.298 e. The Morgan fingerprint density at radius 2 is 0.944 bits per heavy atom. The number of hydrogen-bond donors (Lipinski definition) is 2. The summed E-state index contributed by atoms with van der Waals surface area (Å²) in [5.41, 5.74) is 4.38. The normalized spacial score (nSPS) is 10.7. The van der Waals surface area contributed by atoms with Crippen molar-refractivity contribution < 1.29 is 9.59 Å². The van der Waals surface area contributed by atoms with Gasteiger partial charge in [-0.05, 0) is 48.5 Å². The zero-order valence-electron chi connectivity index (χ0n) is 18.4. The number of rotatable bonds is 6. The first kappa shape index (κ1) is 24.5. The molecule has 0 saturated heterocycles. The molecule has 5 aromatic rings. The molecule has 0 radical (unpaired) electrons. The summed E-state index contributed by atoms with van der Waals surface area (Å²) in [6.45, 7) is 0. The fourth-order valence-corrected chi connectivity index (χ4v) is 5.24. The molecule has 2 amide bonds. The van der Waals surface area contributed by atoms with Crippen molar-refractivity contribution >= 4 is 76.6 Å². The van der Waals surface area contributed by atoms with Crippen LogP contribution in [0.3, 0.4) is 0 Å². The lowest BCUT2D eigenvalue weighted by Gasteiger charge is -2.05. The summed E-state index contributed by atoms with van der Waals surface area (Å²) in [5.74, 6) is -0.588. The third-order valence-corrected chi connectivity index (χ3v) is 7.71. The smallest absolute Gasteiger partial charge is 0.257 e. The van der Waals surface area contributed by atoms with Crippen LogP contribution in [0.5, 0.6) is 0 Å². The van der Waals surface area contributed by atoms with E-state index in [1.807, 2.05) is 59.3 Å². The molecular weight excluding hydrogens is 624 g/mol. The Morgan fingerprint density at radius 1 is 0.583 bits per heavy atom. The maximum Gasteiger partial charge on any atom is 0.257 e. The second kappa shape index (κ2) is 10.8. The highest BCUT2D eigenvalue weighted by atomic mass is 79.9. The average molecular weight is 640 g/mol. The molecule has 2 heterocycles. The Balaban J connectivity index is 1.20. The number of hydrogen-bond acceptors (Lipinski definition) is 6. The van der Waals surface area contributed by atoms with E-state index in [4.69, 9.17) is 0 Å². The minimum absolute atomic E-state index is 0.294. The summed E-state index contributed by atoms with van der Waals surface area (Å²) in [5, 5.41) is 10.4. The van der Waals surface area contributed by atoms with Gasteiger partial charge in [0.05, 0.1) is 11.4 Å². The highest BCUT2D eigenvalue weighted by Gasteiger charge is 2.13. The van der Waals surface area contributed by atoms with Gasteiger partial charge in [-0.2, -0.15) is 0 Å². The topological polar surface area (TPSA) is 84.0 Å². The number of nitrogens with zero attached hydrogens (tertiary/aromatic N) is 2. The molecule has 0 aliphatic carbocycles. The van der Waals surface area contributed by atoms with E-state index < -0.39 is 0 Å². The highest BCUT2D eigenvalue weighted by Crippen LogP contribution is 2.28.